The van der Waals surface area contributed by atoms with Crippen molar-refractivity contribution in [3.8, 4) is 6.07 Å². The number of amides is 1. The summed E-state index contributed by atoms with van der Waals surface area (Å²) in [6.45, 7) is 7.78. The molecule has 1 heterocycles. The van der Waals surface area contributed by atoms with Gasteiger partial charge in [0.1, 0.15) is 0 Å². The number of hydrogen-bond donors (Lipinski definition) is 1. The highest BCUT2D eigenvalue weighted by Crippen LogP contribution is 2.12. The molecule has 0 saturated carbocycles. The highest BCUT2D eigenvalue weighted by Gasteiger charge is 2.33. The number of morpholine rings is 1. The Bertz CT molecular complexity index is 296. The van der Waals surface area contributed by atoms with E-state index in [0.717, 1.165) is 6.54 Å². The Labute approximate surface area is 96.4 Å². The Morgan fingerprint density at radius 1 is 1.69 bits per heavy atom. The lowest BCUT2D eigenvalue weighted by Crippen LogP contribution is -2.57. The normalized spacial score (nSPS) is 21.6. The van der Waals surface area contributed by atoms with Crippen molar-refractivity contribution in [1.82, 2.24) is 10.2 Å². The zero-order valence-corrected chi connectivity index (χ0v) is 10.1. The third-order valence-corrected chi connectivity index (χ3v) is 2.65. The van der Waals surface area contributed by atoms with Crippen molar-refractivity contribution in [2.75, 3.05) is 26.2 Å². The number of rotatable bonds is 3. The minimum absolute atomic E-state index is 0.0258. The summed E-state index contributed by atoms with van der Waals surface area (Å²) < 4.78 is 5.20. The van der Waals surface area contributed by atoms with E-state index >= 15 is 0 Å². The van der Waals surface area contributed by atoms with Crippen molar-refractivity contribution < 1.29 is 9.53 Å². The number of carbonyl (C=O) groups is 1. The average Bonchev–Trinajstić information content (AvgIpc) is 2.28. The Kier molecular flexibility index (Phi) is 4.27. The predicted octanol–water partition coefficient (Wildman–Crippen LogP) is 0.125. The SMILES string of the molecule is CCNC(C)(C)C(=O)N1CCOC(C#N)C1. The van der Waals surface area contributed by atoms with Crippen LogP contribution in [0.3, 0.4) is 0 Å². The molecule has 1 aliphatic heterocycles. The maximum absolute atomic E-state index is 12.2. The van der Waals surface area contributed by atoms with Gasteiger partial charge in [0.25, 0.3) is 0 Å². The number of hydrogen-bond acceptors (Lipinski definition) is 4. The molecule has 1 amide bonds. The fraction of sp³-hybridized carbons (Fsp3) is 0.818. The van der Waals surface area contributed by atoms with Crippen molar-refractivity contribution in [3.05, 3.63) is 0 Å². The van der Waals surface area contributed by atoms with E-state index in [1.807, 2.05) is 26.8 Å². The smallest absolute Gasteiger partial charge is 0.242 e. The van der Waals surface area contributed by atoms with Gasteiger partial charge in [-0.25, -0.2) is 0 Å². The minimum atomic E-state index is -0.577. The third kappa shape index (κ3) is 2.94. The molecule has 0 aromatic carbocycles. The van der Waals surface area contributed by atoms with Gasteiger partial charge in [0.05, 0.1) is 24.8 Å². The molecule has 5 heteroatoms. The lowest BCUT2D eigenvalue weighted by Gasteiger charge is -2.36. The molecule has 1 N–H and O–H groups in total. The lowest BCUT2D eigenvalue weighted by atomic mass is 10.0. The van der Waals surface area contributed by atoms with Gasteiger partial charge in [0.15, 0.2) is 6.10 Å². The Hall–Kier alpha value is -1.12. The summed E-state index contributed by atoms with van der Waals surface area (Å²) in [5, 5.41) is 11.9. The number of likely N-dealkylation sites (N-methyl/N-ethyl adjacent to an activating group) is 1. The van der Waals surface area contributed by atoms with Crippen molar-refractivity contribution in [2.24, 2.45) is 0 Å². The van der Waals surface area contributed by atoms with E-state index in [4.69, 9.17) is 10.00 Å². The third-order valence-electron chi connectivity index (χ3n) is 2.65. The van der Waals surface area contributed by atoms with Crippen molar-refractivity contribution in [2.45, 2.75) is 32.4 Å². The zero-order chi connectivity index (χ0) is 12.2. The van der Waals surface area contributed by atoms with Gasteiger partial charge in [0, 0.05) is 6.54 Å². The van der Waals surface area contributed by atoms with Gasteiger partial charge in [-0.1, -0.05) is 6.92 Å². The van der Waals surface area contributed by atoms with E-state index in [0.29, 0.717) is 19.7 Å². The van der Waals surface area contributed by atoms with Gasteiger partial charge in [-0.2, -0.15) is 5.26 Å². The fourth-order valence-electron chi connectivity index (χ4n) is 1.82. The van der Waals surface area contributed by atoms with Crippen molar-refractivity contribution in [1.29, 1.82) is 5.26 Å². The predicted molar refractivity (Wildman–Crippen MR) is 59.7 cm³/mol. The monoisotopic (exact) mass is 225 g/mol. The first-order valence-corrected chi connectivity index (χ1v) is 5.57. The molecule has 16 heavy (non-hydrogen) atoms. The molecule has 0 radical (unpaired) electrons. The molecule has 0 aromatic rings. The van der Waals surface area contributed by atoms with Crippen LogP contribution in [0.25, 0.3) is 0 Å². The van der Waals surface area contributed by atoms with Gasteiger partial charge >= 0.3 is 0 Å². The molecule has 0 bridgehead atoms. The van der Waals surface area contributed by atoms with E-state index in [1.165, 1.54) is 0 Å². The first-order valence-electron chi connectivity index (χ1n) is 5.57. The van der Waals surface area contributed by atoms with Gasteiger partial charge in [-0.05, 0) is 20.4 Å². The zero-order valence-electron chi connectivity index (χ0n) is 10.1. The van der Waals surface area contributed by atoms with E-state index in [2.05, 4.69) is 5.32 Å². The highest BCUT2D eigenvalue weighted by atomic mass is 16.5. The van der Waals surface area contributed by atoms with Gasteiger partial charge < -0.3 is 15.0 Å². The van der Waals surface area contributed by atoms with E-state index in [-0.39, 0.29) is 5.91 Å². The van der Waals surface area contributed by atoms with Crippen LogP contribution in [-0.4, -0.2) is 48.7 Å². The minimum Gasteiger partial charge on any atom is -0.360 e. The molecule has 1 saturated heterocycles. The largest absolute Gasteiger partial charge is 0.360 e. The quantitative estimate of drug-likeness (QED) is 0.741. The van der Waals surface area contributed by atoms with Crippen LogP contribution in [0, 0.1) is 11.3 Å². The molecule has 0 aromatic heterocycles. The second-order valence-electron chi connectivity index (χ2n) is 4.40. The van der Waals surface area contributed by atoms with E-state index < -0.39 is 11.6 Å². The summed E-state index contributed by atoms with van der Waals surface area (Å²) in [6.07, 6.45) is -0.491. The standard InChI is InChI=1S/C11H19N3O2/c1-4-13-11(2,3)10(15)14-5-6-16-9(7-12)8-14/h9,13H,4-6,8H2,1-3H3. The summed E-state index contributed by atoms with van der Waals surface area (Å²) in [4.78, 5) is 13.9. The lowest BCUT2D eigenvalue weighted by molar-refractivity contribution is -0.142. The van der Waals surface area contributed by atoms with Crippen LogP contribution in [0.4, 0.5) is 0 Å². The summed E-state index contributed by atoms with van der Waals surface area (Å²) in [5.74, 6) is 0.0258. The van der Waals surface area contributed by atoms with Crippen molar-refractivity contribution >= 4 is 5.91 Å². The summed E-state index contributed by atoms with van der Waals surface area (Å²) in [5.41, 5.74) is -0.577. The molecule has 90 valence electrons. The molecule has 1 fully saturated rings. The number of nitriles is 1. The first-order chi connectivity index (χ1) is 7.51. The Morgan fingerprint density at radius 3 is 2.94 bits per heavy atom. The number of carbonyl (C=O) groups excluding carboxylic acids is 1. The van der Waals surface area contributed by atoms with Gasteiger partial charge in [-0.3, -0.25) is 4.79 Å². The Morgan fingerprint density at radius 2 is 2.38 bits per heavy atom. The van der Waals surface area contributed by atoms with Crippen LogP contribution in [0.2, 0.25) is 0 Å². The second kappa shape index (κ2) is 5.28. The molecule has 1 unspecified atom stereocenters. The first kappa shape index (κ1) is 12.9. The molecule has 0 aliphatic carbocycles. The van der Waals surface area contributed by atoms with Crippen LogP contribution in [-0.2, 0) is 9.53 Å². The Balaban J connectivity index is 2.63. The molecule has 1 atom stereocenters. The van der Waals surface area contributed by atoms with E-state index in [1.54, 1.807) is 4.90 Å². The van der Waals surface area contributed by atoms with Gasteiger partial charge in [-0.15, -0.1) is 0 Å². The molecule has 5 nitrogen and oxygen atoms in total. The summed E-state index contributed by atoms with van der Waals surface area (Å²) in [7, 11) is 0. The second-order valence-corrected chi connectivity index (χ2v) is 4.40. The van der Waals surface area contributed by atoms with Gasteiger partial charge in [0.2, 0.25) is 5.91 Å². The average molecular weight is 225 g/mol. The van der Waals surface area contributed by atoms with Crippen LogP contribution in [0.1, 0.15) is 20.8 Å². The molecular formula is C11H19N3O2. The van der Waals surface area contributed by atoms with Crippen LogP contribution in [0.15, 0.2) is 0 Å². The van der Waals surface area contributed by atoms with E-state index in [9.17, 15) is 4.79 Å². The van der Waals surface area contributed by atoms with Crippen molar-refractivity contribution in [3.63, 3.8) is 0 Å². The molecule has 0 spiro atoms. The highest BCUT2D eigenvalue weighted by molar-refractivity contribution is 5.85. The molecule has 1 aliphatic rings. The maximum Gasteiger partial charge on any atom is 0.242 e. The van der Waals surface area contributed by atoms with Crippen LogP contribution < -0.4 is 5.32 Å². The fourth-order valence-corrected chi connectivity index (χ4v) is 1.82. The summed E-state index contributed by atoms with van der Waals surface area (Å²) in [6, 6.07) is 2.04. The number of nitrogens with zero attached hydrogens (tertiary/aromatic N) is 2. The number of nitrogens with one attached hydrogen (secondary N) is 1. The van der Waals surface area contributed by atoms with Crippen LogP contribution in [0.5, 0.6) is 0 Å². The molecule has 1 rings (SSSR count). The number of ether oxygens (including phenoxy) is 1. The van der Waals surface area contributed by atoms with Crippen LogP contribution >= 0.6 is 0 Å². The molecular weight excluding hydrogens is 206 g/mol. The topological polar surface area (TPSA) is 65.4 Å². The summed E-state index contributed by atoms with van der Waals surface area (Å²) >= 11 is 0. The maximum atomic E-state index is 12.2.